The van der Waals surface area contributed by atoms with Crippen molar-refractivity contribution in [2.75, 3.05) is 0 Å². The van der Waals surface area contributed by atoms with E-state index in [-0.39, 0.29) is 0 Å². The van der Waals surface area contributed by atoms with Crippen molar-refractivity contribution in [2.45, 2.75) is 5.41 Å². The maximum absolute atomic E-state index is 6.50. The fraction of sp³-hybridized carbons (Fsp3) is 0.0156. The van der Waals surface area contributed by atoms with Gasteiger partial charge in [-0.25, -0.2) is 15.0 Å². The molecule has 0 saturated carbocycles. The standard InChI is InChI=1S/C64H41N3O/c1-5-17-45(18-6-1)61-65-62(46-19-7-2-8-20-46)67-63(66-61)47-35-31-43(32-36-47)42-29-33-44(34-30-42)55-41-58-56(40-54(55)48-37-38-53-52-26-14-16-28-59(52)68-60(53)39-48)51-25-13-15-27-57(51)64(58,49-21-9-3-10-22-49)50-23-11-4-12-24-50/h1-41H. The van der Waals surface area contributed by atoms with Gasteiger partial charge < -0.3 is 4.42 Å². The number of fused-ring (bicyclic) bond motifs is 6. The Kier molecular flexibility index (Phi) is 9.36. The largest absolute Gasteiger partial charge is 0.456 e. The van der Waals surface area contributed by atoms with Crippen LogP contribution >= 0.6 is 0 Å². The normalized spacial score (nSPS) is 12.5. The van der Waals surface area contributed by atoms with E-state index in [9.17, 15) is 0 Å². The smallest absolute Gasteiger partial charge is 0.164 e. The highest BCUT2D eigenvalue weighted by molar-refractivity contribution is 6.06. The first-order chi connectivity index (χ1) is 33.7. The Morgan fingerprint density at radius 3 is 1.31 bits per heavy atom. The van der Waals surface area contributed by atoms with Crippen LogP contribution < -0.4 is 0 Å². The molecule has 0 saturated heterocycles. The molecule has 2 aromatic heterocycles. The zero-order chi connectivity index (χ0) is 45.0. The van der Waals surface area contributed by atoms with Gasteiger partial charge >= 0.3 is 0 Å². The van der Waals surface area contributed by atoms with E-state index in [1.54, 1.807) is 0 Å². The summed E-state index contributed by atoms with van der Waals surface area (Å²) in [6, 6.07) is 88.6. The molecule has 1 aliphatic rings. The first-order valence-electron chi connectivity index (χ1n) is 23.1. The lowest BCUT2D eigenvalue weighted by atomic mass is 9.67. The molecule has 0 N–H and O–H groups in total. The lowest BCUT2D eigenvalue weighted by Crippen LogP contribution is -2.28. The summed E-state index contributed by atoms with van der Waals surface area (Å²) in [6.45, 7) is 0. The summed E-state index contributed by atoms with van der Waals surface area (Å²) in [4.78, 5) is 14.8. The highest BCUT2D eigenvalue weighted by atomic mass is 16.3. The second-order valence-corrected chi connectivity index (χ2v) is 17.5. The Hall–Kier alpha value is -8.99. The van der Waals surface area contributed by atoms with E-state index in [1.165, 1.54) is 33.4 Å². The van der Waals surface area contributed by atoms with Crippen molar-refractivity contribution >= 4 is 21.9 Å². The van der Waals surface area contributed by atoms with Crippen LogP contribution in [0.4, 0.5) is 0 Å². The van der Waals surface area contributed by atoms with E-state index in [0.717, 1.165) is 72.0 Å². The number of aromatic nitrogens is 3. The molecule has 4 nitrogen and oxygen atoms in total. The van der Waals surface area contributed by atoms with Gasteiger partial charge in [0.1, 0.15) is 11.2 Å². The molecule has 0 spiro atoms. The molecular formula is C64H41N3O. The minimum absolute atomic E-state index is 0.533. The molecule has 13 rings (SSSR count). The molecule has 0 atom stereocenters. The van der Waals surface area contributed by atoms with E-state index in [4.69, 9.17) is 19.4 Å². The maximum atomic E-state index is 6.50. The van der Waals surface area contributed by atoms with Gasteiger partial charge in [0.2, 0.25) is 0 Å². The van der Waals surface area contributed by atoms with Crippen LogP contribution in [0.15, 0.2) is 253 Å². The van der Waals surface area contributed by atoms with Crippen molar-refractivity contribution in [3.8, 4) is 78.7 Å². The summed E-state index contributed by atoms with van der Waals surface area (Å²) in [5, 5.41) is 2.24. The molecule has 0 unspecified atom stereocenters. The van der Waals surface area contributed by atoms with Gasteiger partial charge in [0, 0.05) is 27.5 Å². The van der Waals surface area contributed by atoms with Crippen molar-refractivity contribution < 1.29 is 4.42 Å². The van der Waals surface area contributed by atoms with Crippen molar-refractivity contribution in [1.82, 2.24) is 15.0 Å². The quantitative estimate of drug-likeness (QED) is 0.153. The van der Waals surface area contributed by atoms with E-state index in [1.807, 2.05) is 72.8 Å². The highest BCUT2D eigenvalue weighted by Gasteiger charge is 2.46. The van der Waals surface area contributed by atoms with Gasteiger partial charge in [-0.2, -0.15) is 0 Å². The lowest BCUT2D eigenvalue weighted by Gasteiger charge is -2.34. The maximum Gasteiger partial charge on any atom is 0.164 e. The summed E-state index contributed by atoms with van der Waals surface area (Å²) in [5.41, 5.74) is 18.3. The minimum Gasteiger partial charge on any atom is -0.456 e. The second-order valence-electron chi connectivity index (χ2n) is 17.5. The summed E-state index contributed by atoms with van der Waals surface area (Å²) < 4.78 is 6.50. The molecule has 10 aromatic carbocycles. The molecule has 68 heavy (non-hydrogen) atoms. The number of benzene rings is 10. The third kappa shape index (κ3) is 6.49. The first kappa shape index (κ1) is 39.4. The predicted molar refractivity (Wildman–Crippen MR) is 277 cm³/mol. The zero-order valence-electron chi connectivity index (χ0n) is 36.9. The molecule has 0 fully saturated rings. The Balaban J connectivity index is 0.947. The number of para-hydroxylation sites is 1. The van der Waals surface area contributed by atoms with Crippen LogP contribution in [0, 0.1) is 0 Å². The van der Waals surface area contributed by atoms with Gasteiger partial charge in [0.05, 0.1) is 5.41 Å². The van der Waals surface area contributed by atoms with E-state index in [0.29, 0.717) is 17.5 Å². The predicted octanol–water partition coefficient (Wildman–Crippen LogP) is 16.1. The van der Waals surface area contributed by atoms with Gasteiger partial charge in [-0.3, -0.25) is 0 Å². The van der Waals surface area contributed by atoms with Crippen LogP contribution in [0.1, 0.15) is 22.3 Å². The Morgan fingerprint density at radius 1 is 0.265 bits per heavy atom. The molecule has 0 bridgehead atoms. The van der Waals surface area contributed by atoms with Gasteiger partial charge in [-0.05, 0) is 97.1 Å². The summed E-state index contributed by atoms with van der Waals surface area (Å²) in [6.07, 6.45) is 0. The van der Waals surface area contributed by atoms with Crippen molar-refractivity contribution in [3.63, 3.8) is 0 Å². The van der Waals surface area contributed by atoms with Crippen LogP contribution in [0.5, 0.6) is 0 Å². The van der Waals surface area contributed by atoms with Crippen LogP contribution in [-0.2, 0) is 5.41 Å². The number of nitrogens with zero attached hydrogens (tertiary/aromatic N) is 3. The molecule has 1 aliphatic carbocycles. The molecule has 4 heteroatoms. The fourth-order valence-electron chi connectivity index (χ4n) is 10.5. The molecular weight excluding hydrogens is 827 g/mol. The van der Waals surface area contributed by atoms with Crippen LogP contribution in [-0.4, -0.2) is 15.0 Å². The van der Waals surface area contributed by atoms with Gasteiger partial charge in [0.15, 0.2) is 17.5 Å². The highest BCUT2D eigenvalue weighted by Crippen LogP contribution is 2.58. The van der Waals surface area contributed by atoms with Gasteiger partial charge in [-0.15, -0.1) is 0 Å². The average Bonchev–Trinajstić information content (AvgIpc) is 3.94. The topological polar surface area (TPSA) is 51.8 Å². The van der Waals surface area contributed by atoms with Crippen LogP contribution in [0.3, 0.4) is 0 Å². The van der Waals surface area contributed by atoms with E-state index in [2.05, 4.69) is 176 Å². The molecule has 12 aromatic rings. The molecule has 318 valence electrons. The molecule has 0 aliphatic heterocycles. The van der Waals surface area contributed by atoms with Gasteiger partial charge in [0.25, 0.3) is 0 Å². The van der Waals surface area contributed by atoms with E-state index < -0.39 is 5.41 Å². The Morgan fingerprint density at radius 2 is 0.706 bits per heavy atom. The summed E-state index contributed by atoms with van der Waals surface area (Å²) in [5.74, 6) is 1.92. The van der Waals surface area contributed by atoms with E-state index >= 15 is 0 Å². The van der Waals surface area contributed by atoms with Gasteiger partial charge in [-0.1, -0.05) is 218 Å². The summed E-state index contributed by atoms with van der Waals surface area (Å²) >= 11 is 0. The number of hydrogen-bond donors (Lipinski definition) is 0. The number of furan rings is 1. The molecule has 0 amide bonds. The number of rotatable bonds is 8. The van der Waals surface area contributed by atoms with Crippen LogP contribution in [0.25, 0.3) is 101 Å². The van der Waals surface area contributed by atoms with Crippen LogP contribution in [0.2, 0.25) is 0 Å². The van der Waals surface area contributed by atoms with Crippen molar-refractivity contribution in [3.05, 3.63) is 271 Å². The minimum atomic E-state index is -0.533. The molecule has 0 radical (unpaired) electrons. The monoisotopic (exact) mass is 867 g/mol. The SMILES string of the molecule is c1ccc(-c2nc(-c3ccccc3)nc(-c3ccc(-c4ccc(-c5cc6c(cc5-c5ccc7c(c5)oc5ccccc57)-c5ccccc5C6(c5ccccc5)c5ccccc5)cc4)cc3)n2)cc1. The zero-order valence-corrected chi connectivity index (χ0v) is 36.9. The Labute approximate surface area is 394 Å². The average molecular weight is 868 g/mol. The Bertz CT molecular complexity index is 3710. The lowest BCUT2D eigenvalue weighted by molar-refractivity contribution is 0.669. The fourth-order valence-corrected chi connectivity index (χ4v) is 10.5. The first-order valence-corrected chi connectivity index (χ1v) is 23.1. The third-order valence-corrected chi connectivity index (χ3v) is 13.7. The number of hydrogen-bond acceptors (Lipinski definition) is 4. The van der Waals surface area contributed by atoms with Crippen molar-refractivity contribution in [1.29, 1.82) is 0 Å². The molecule has 2 heterocycles. The third-order valence-electron chi connectivity index (χ3n) is 13.7. The van der Waals surface area contributed by atoms with Crippen molar-refractivity contribution in [2.24, 2.45) is 0 Å². The second kappa shape index (κ2) is 16.2. The summed E-state index contributed by atoms with van der Waals surface area (Å²) in [7, 11) is 0.